The molecular weight excluding hydrogens is 370 g/mol. The van der Waals surface area contributed by atoms with E-state index in [1.165, 1.54) is 0 Å². The van der Waals surface area contributed by atoms with Crippen LogP contribution in [0.4, 0.5) is 0 Å². The van der Waals surface area contributed by atoms with Crippen molar-refractivity contribution >= 4 is 11.9 Å². The van der Waals surface area contributed by atoms with E-state index in [1.807, 2.05) is 43.5 Å². The molecule has 2 aromatic heterocycles. The van der Waals surface area contributed by atoms with Crippen LogP contribution in [-0.2, 0) is 9.53 Å². The van der Waals surface area contributed by atoms with Crippen LogP contribution in [0.3, 0.4) is 0 Å². The third kappa shape index (κ3) is 3.94. The number of rotatable bonds is 6. The van der Waals surface area contributed by atoms with Gasteiger partial charge in [-0.3, -0.25) is 9.36 Å². The quantitative estimate of drug-likeness (QED) is 0.647. The summed E-state index contributed by atoms with van der Waals surface area (Å²) < 4.78 is 12.7. The summed E-state index contributed by atoms with van der Waals surface area (Å²) in [7, 11) is 0. The molecule has 29 heavy (non-hydrogen) atoms. The van der Waals surface area contributed by atoms with Crippen LogP contribution in [0.5, 0.6) is 0 Å². The summed E-state index contributed by atoms with van der Waals surface area (Å²) in [5.41, 5.74) is 2.53. The molecule has 1 aliphatic rings. The van der Waals surface area contributed by atoms with E-state index >= 15 is 0 Å². The van der Waals surface area contributed by atoms with Crippen LogP contribution in [0.15, 0.2) is 47.0 Å². The Labute approximate surface area is 168 Å². The maximum atomic E-state index is 13.0. The molecule has 7 nitrogen and oxygen atoms in total. The average molecular weight is 393 g/mol. The normalized spacial score (nSPS) is 14.4. The van der Waals surface area contributed by atoms with E-state index in [-0.39, 0.29) is 11.9 Å². The maximum absolute atomic E-state index is 13.0. The van der Waals surface area contributed by atoms with Crippen molar-refractivity contribution < 1.29 is 18.8 Å². The summed E-state index contributed by atoms with van der Waals surface area (Å²) in [6.07, 6.45) is 0.917. The molecule has 2 heterocycles. The summed E-state index contributed by atoms with van der Waals surface area (Å²) in [5, 5.41) is 6.95. The van der Waals surface area contributed by atoms with Gasteiger partial charge >= 0.3 is 5.97 Å². The van der Waals surface area contributed by atoms with E-state index in [1.54, 1.807) is 24.3 Å². The van der Waals surface area contributed by atoms with E-state index in [4.69, 9.17) is 9.26 Å². The second kappa shape index (κ2) is 7.58. The highest BCUT2D eigenvalue weighted by atomic mass is 16.5. The molecule has 1 aliphatic carbocycles. The standard InChI is InChI=1S/C22H23N3O4/c1-13-11-18(15(3)25(13)19-12-14(2)29-24-19)22(27)28-20(16-7-5-4-6-8-16)21(26)23-17-9-10-17/h4-8,11-12,17,20H,9-10H2,1-3H3,(H,23,26)/t20-/m0/s1. The molecule has 150 valence electrons. The highest BCUT2D eigenvalue weighted by molar-refractivity contribution is 5.94. The monoisotopic (exact) mass is 393 g/mol. The van der Waals surface area contributed by atoms with Crippen molar-refractivity contribution in [1.29, 1.82) is 0 Å². The lowest BCUT2D eigenvalue weighted by Gasteiger charge is -2.18. The smallest absolute Gasteiger partial charge is 0.341 e. The van der Waals surface area contributed by atoms with Crippen LogP contribution in [0.25, 0.3) is 5.82 Å². The molecule has 0 bridgehead atoms. The Morgan fingerprint density at radius 2 is 1.90 bits per heavy atom. The Morgan fingerprint density at radius 1 is 1.17 bits per heavy atom. The Kier molecular flexibility index (Phi) is 4.96. The molecule has 0 saturated heterocycles. The lowest BCUT2D eigenvalue weighted by Crippen LogP contribution is -2.33. The van der Waals surface area contributed by atoms with Gasteiger partial charge in [0.1, 0.15) is 5.76 Å². The van der Waals surface area contributed by atoms with Gasteiger partial charge < -0.3 is 14.6 Å². The van der Waals surface area contributed by atoms with Crippen molar-refractivity contribution in [2.45, 2.75) is 45.8 Å². The third-order valence-electron chi connectivity index (χ3n) is 4.98. The summed E-state index contributed by atoms with van der Waals surface area (Å²) in [6, 6.07) is 12.8. The third-order valence-corrected chi connectivity index (χ3v) is 4.98. The Bertz CT molecular complexity index is 1050. The molecule has 1 N–H and O–H groups in total. The highest BCUT2D eigenvalue weighted by Crippen LogP contribution is 2.26. The first kappa shape index (κ1) is 19.0. The van der Waals surface area contributed by atoms with E-state index < -0.39 is 12.1 Å². The minimum Gasteiger partial charge on any atom is -0.444 e. The number of hydrogen-bond acceptors (Lipinski definition) is 5. The SMILES string of the molecule is Cc1cc(-n2c(C)cc(C(=O)O[C@H](C(=O)NC3CC3)c3ccccc3)c2C)no1. The second-order valence-electron chi connectivity index (χ2n) is 7.39. The van der Waals surface area contributed by atoms with Gasteiger partial charge in [-0.05, 0) is 39.7 Å². The summed E-state index contributed by atoms with van der Waals surface area (Å²) in [6.45, 7) is 5.50. The van der Waals surface area contributed by atoms with Gasteiger partial charge in [0.15, 0.2) is 5.82 Å². The first-order valence-corrected chi connectivity index (χ1v) is 9.63. The van der Waals surface area contributed by atoms with Crippen molar-refractivity contribution in [3.8, 4) is 5.82 Å². The molecule has 0 radical (unpaired) electrons. The van der Waals surface area contributed by atoms with Gasteiger partial charge in [0.05, 0.1) is 5.56 Å². The van der Waals surface area contributed by atoms with Crippen molar-refractivity contribution in [2.75, 3.05) is 0 Å². The van der Waals surface area contributed by atoms with Crippen LogP contribution in [0.2, 0.25) is 0 Å². The molecule has 0 aliphatic heterocycles. The molecule has 1 aromatic carbocycles. The number of amides is 1. The molecule has 4 rings (SSSR count). The number of carbonyl (C=O) groups excluding carboxylic acids is 2. The van der Waals surface area contributed by atoms with Crippen LogP contribution in [0.1, 0.15) is 52.0 Å². The van der Waals surface area contributed by atoms with Gasteiger partial charge in [-0.25, -0.2) is 4.79 Å². The van der Waals surface area contributed by atoms with Crippen molar-refractivity contribution in [3.63, 3.8) is 0 Å². The number of aryl methyl sites for hydroxylation is 2. The van der Waals surface area contributed by atoms with Crippen molar-refractivity contribution in [2.24, 2.45) is 0 Å². The highest BCUT2D eigenvalue weighted by Gasteiger charge is 2.32. The molecular formula is C22H23N3O4. The van der Waals surface area contributed by atoms with Gasteiger partial charge in [-0.1, -0.05) is 35.5 Å². The average Bonchev–Trinajstić information content (AvgIpc) is 3.34. The minimum atomic E-state index is -0.998. The molecule has 1 saturated carbocycles. The van der Waals surface area contributed by atoms with Gasteiger partial charge in [0, 0.05) is 29.1 Å². The summed E-state index contributed by atoms with van der Waals surface area (Å²) in [5.74, 6) is 0.428. The fourth-order valence-electron chi connectivity index (χ4n) is 3.36. The van der Waals surface area contributed by atoms with Gasteiger partial charge in [0.2, 0.25) is 6.10 Å². The van der Waals surface area contributed by atoms with E-state index in [2.05, 4.69) is 10.5 Å². The number of nitrogens with zero attached hydrogens (tertiary/aromatic N) is 2. The molecule has 7 heteroatoms. The Hall–Kier alpha value is -3.35. The lowest BCUT2D eigenvalue weighted by atomic mass is 10.1. The van der Waals surface area contributed by atoms with Crippen LogP contribution < -0.4 is 5.32 Å². The first-order valence-electron chi connectivity index (χ1n) is 9.63. The molecule has 1 amide bonds. The zero-order valence-electron chi connectivity index (χ0n) is 16.6. The van der Waals surface area contributed by atoms with E-state index in [9.17, 15) is 9.59 Å². The molecule has 1 fully saturated rings. The van der Waals surface area contributed by atoms with E-state index in [0.29, 0.717) is 28.4 Å². The second-order valence-corrected chi connectivity index (χ2v) is 7.39. The molecule has 0 spiro atoms. The number of carbonyl (C=O) groups is 2. The Morgan fingerprint density at radius 3 is 2.52 bits per heavy atom. The minimum absolute atomic E-state index is 0.174. The number of aromatic nitrogens is 2. The fourth-order valence-corrected chi connectivity index (χ4v) is 3.36. The summed E-state index contributed by atoms with van der Waals surface area (Å²) in [4.78, 5) is 25.7. The number of esters is 1. The number of hydrogen-bond donors (Lipinski definition) is 1. The fraction of sp³-hybridized carbons (Fsp3) is 0.318. The largest absolute Gasteiger partial charge is 0.444 e. The van der Waals surface area contributed by atoms with E-state index in [0.717, 1.165) is 18.5 Å². The zero-order chi connectivity index (χ0) is 20.5. The van der Waals surface area contributed by atoms with Crippen molar-refractivity contribution in [3.05, 3.63) is 70.7 Å². The van der Waals surface area contributed by atoms with Gasteiger partial charge in [-0.15, -0.1) is 0 Å². The summed E-state index contributed by atoms with van der Waals surface area (Å²) >= 11 is 0. The predicted molar refractivity (Wildman–Crippen MR) is 106 cm³/mol. The van der Waals surface area contributed by atoms with Crippen molar-refractivity contribution in [1.82, 2.24) is 15.0 Å². The maximum Gasteiger partial charge on any atom is 0.341 e. The van der Waals surface area contributed by atoms with Crippen LogP contribution in [-0.4, -0.2) is 27.6 Å². The van der Waals surface area contributed by atoms with Crippen LogP contribution in [0, 0.1) is 20.8 Å². The lowest BCUT2D eigenvalue weighted by molar-refractivity contribution is -0.130. The van der Waals surface area contributed by atoms with Crippen LogP contribution >= 0.6 is 0 Å². The predicted octanol–water partition coefficient (Wildman–Crippen LogP) is 3.57. The topological polar surface area (TPSA) is 86.4 Å². The zero-order valence-corrected chi connectivity index (χ0v) is 16.6. The number of benzene rings is 1. The van der Waals surface area contributed by atoms with Gasteiger partial charge in [-0.2, -0.15) is 0 Å². The van der Waals surface area contributed by atoms with Gasteiger partial charge in [0.25, 0.3) is 5.91 Å². The molecule has 0 unspecified atom stereocenters. The Balaban J connectivity index is 1.61. The number of ether oxygens (including phenoxy) is 1. The molecule has 1 atom stereocenters. The molecule has 3 aromatic rings. The number of nitrogens with one attached hydrogen (secondary N) is 1. The first-order chi connectivity index (χ1) is 13.9.